The average molecular weight is 419 g/mol. The number of nitro groups is 1. The van der Waals surface area contributed by atoms with Gasteiger partial charge in [-0.1, -0.05) is 49.2 Å². The highest BCUT2D eigenvalue weighted by Crippen LogP contribution is 2.37. The summed E-state index contributed by atoms with van der Waals surface area (Å²) in [6.07, 6.45) is 1.17. The van der Waals surface area contributed by atoms with Crippen LogP contribution in [0.2, 0.25) is 10.0 Å². The zero-order chi connectivity index (χ0) is 20.3. The molecule has 7 nitrogen and oxygen atoms in total. The van der Waals surface area contributed by atoms with Crippen molar-refractivity contribution in [2.75, 3.05) is 5.32 Å². The quantitative estimate of drug-likeness (QED) is 0.370. The van der Waals surface area contributed by atoms with E-state index in [1.165, 1.54) is 6.33 Å². The number of benzene rings is 2. The second-order valence-electron chi connectivity index (χ2n) is 6.21. The number of aromatic nitrogens is 2. The van der Waals surface area contributed by atoms with Crippen LogP contribution in [-0.4, -0.2) is 14.9 Å². The Balaban J connectivity index is 1.95. The smallest absolute Gasteiger partial charge is 0.373 e. The van der Waals surface area contributed by atoms with Crippen LogP contribution in [0.5, 0.6) is 11.6 Å². The van der Waals surface area contributed by atoms with Crippen molar-refractivity contribution < 1.29 is 9.66 Å². The number of anilines is 2. The van der Waals surface area contributed by atoms with E-state index in [1.807, 2.05) is 12.1 Å². The summed E-state index contributed by atoms with van der Waals surface area (Å²) in [5.41, 5.74) is 1.09. The third-order valence-corrected chi connectivity index (χ3v) is 4.48. The third kappa shape index (κ3) is 4.49. The van der Waals surface area contributed by atoms with Gasteiger partial charge in [-0.3, -0.25) is 10.1 Å². The van der Waals surface area contributed by atoms with Crippen molar-refractivity contribution >= 4 is 40.4 Å². The van der Waals surface area contributed by atoms with E-state index in [1.54, 1.807) is 30.3 Å². The Morgan fingerprint density at radius 2 is 1.82 bits per heavy atom. The molecule has 0 spiro atoms. The highest BCUT2D eigenvalue weighted by atomic mass is 35.5. The molecule has 0 atom stereocenters. The molecule has 0 unspecified atom stereocenters. The zero-order valence-electron chi connectivity index (χ0n) is 15.0. The topological polar surface area (TPSA) is 90.2 Å². The molecule has 3 rings (SSSR count). The fourth-order valence-electron chi connectivity index (χ4n) is 2.45. The Hall–Kier alpha value is -2.90. The number of halogens is 2. The van der Waals surface area contributed by atoms with Gasteiger partial charge in [-0.05, 0) is 41.8 Å². The predicted octanol–water partition coefficient (Wildman–Crippen LogP) is 6.35. The number of nitrogens with zero attached hydrogens (tertiary/aromatic N) is 3. The van der Waals surface area contributed by atoms with E-state index in [-0.39, 0.29) is 11.7 Å². The van der Waals surface area contributed by atoms with Crippen LogP contribution in [0.4, 0.5) is 17.2 Å². The Bertz CT molecular complexity index is 1010. The first-order valence-corrected chi connectivity index (χ1v) is 9.10. The summed E-state index contributed by atoms with van der Waals surface area (Å²) in [6.45, 7) is 4.15. The highest BCUT2D eigenvalue weighted by Gasteiger charge is 2.25. The number of hydrogen-bond acceptors (Lipinski definition) is 6. The minimum atomic E-state index is -0.612. The van der Waals surface area contributed by atoms with Gasteiger partial charge in [-0.15, -0.1) is 0 Å². The van der Waals surface area contributed by atoms with Gasteiger partial charge in [0.1, 0.15) is 12.1 Å². The molecule has 0 amide bonds. The van der Waals surface area contributed by atoms with Crippen molar-refractivity contribution in [2.24, 2.45) is 0 Å². The Morgan fingerprint density at radius 3 is 2.46 bits per heavy atom. The monoisotopic (exact) mass is 418 g/mol. The second kappa shape index (κ2) is 8.41. The van der Waals surface area contributed by atoms with Crippen LogP contribution >= 0.6 is 23.2 Å². The van der Waals surface area contributed by atoms with Gasteiger partial charge in [0.15, 0.2) is 0 Å². The number of ether oxygens (including phenoxy) is 1. The van der Waals surface area contributed by atoms with Crippen molar-refractivity contribution in [1.82, 2.24) is 9.97 Å². The molecule has 0 radical (unpaired) electrons. The molecule has 0 bridgehead atoms. The normalized spacial score (nSPS) is 10.8. The summed E-state index contributed by atoms with van der Waals surface area (Å²) in [5.74, 6) is 0.550. The van der Waals surface area contributed by atoms with Crippen molar-refractivity contribution in [2.45, 2.75) is 19.8 Å². The molecule has 3 aromatic rings. The minimum Gasteiger partial charge on any atom is -0.434 e. The molecule has 0 saturated heterocycles. The van der Waals surface area contributed by atoms with Gasteiger partial charge in [0.05, 0.1) is 15.6 Å². The van der Waals surface area contributed by atoms with Gasteiger partial charge in [-0.25, -0.2) is 4.98 Å². The maximum atomic E-state index is 11.7. The van der Waals surface area contributed by atoms with Gasteiger partial charge < -0.3 is 10.1 Å². The van der Waals surface area contributed by atoms with Crippen molar-refractivity contribution in [3.8, 4) is 11.6 Å². The standard InChI is InChI=1S/C19H16Cl2N4O3/c1-11(2)12-3-6-14(7-4-12)28-19-17(25(26)27)18(22-10-23-19)24-16-9-13(20)5-8-15(16)21/h3-11H,1-2H3,(H,22,23,24). The van der Waals surface area contributed by atoms with Crippen LogP contribution in [0.25, 0.3) is 0 Å². The van der Waals surface area contributed by atoms with E-state index in [2.05, 4.69) is 29.1 Å². The molecule has 0 aliphatic carbocycles. The molecule has 9 heteroatoms. The maximum Gasteiger partial charge on any atom is 0.373 e. The first-order chi connectivity index (χ1) is 13.3. The molecular formula is C19H16Cl2N4O3. The highest BCUT2D eigenvalue weighted by molar-refractivity contribution is 6.35. The van der Waals surface area contributed by atoms with Crippen molar-refractivity contribution in [1.29, 1.82) is 0 Å². The van der Waals surface area contributed by atoms with Crippen LogP contribution < -0.4 is 10.1 Å². The summed E-state index contributed by atoms with van der Waals surface area (Å²) in [5, 5.41) is 15.2. The van der Waals surface area contributed by atoms with Gasteiger partial charge in [0.2, 0.25) is 5.82 Å². The summed E-state index contributed by atoms with van der Waals surface area (Å²) in [6, 6.07) is 12.0. The first kappa shape index (κ1) is 19.9. The van der Waals surface area contributed by atoms with Crippen molar-refractivity contribution in [3.63, 3.8) is 0 Å². The summed E-state index contributed by atoms with van der Waals surface area (Å²) in [7, 11) is 0. The van der Waals surface area contributed by atoms with Crippen LogP contribution in [0, 0.1) is 10.1 Å². The van der Waals surface area contributed by atoms with E-state index in [0.717, 1.165) is 5.56 Å². The van der Waals surface area contributed by atoms with Gasteiger partial charge in [0.25, 0.3) is 0 Å². The van der Waals surface area contributed by atoms with Gasteiger partial charge in [-0.2, -0.15) is 4.98 Å². The summed E-state index contributed by atoms with van der Waals surface area (Å²) < 4.78 is 5.65. The molecule has 2 aromatic carbocycles. The number of nitrogens with one attached hydrogen (secondary N) is 1. The molecule has 1 N–H and O–H groups in total. The van der Waals surface area contributed by atoms with Crippen molar-refractivity contribution in [3.05, 3.63) is 74.5 Å². The van der Waals surface area contributed by atoms with E-state index < -0.39 is 10.6 Å². The lowest BCUT2D eigenvalue weighted by Crippen LogP contribution is -2.04. The summed E-state index contributed by atoms with van der Waals surface area (Å²) >= 11 is 12.1. The third-order valence-electron chi connectivity index (χ3n) is 3.91. The van der Waals surface area contributed by atoms with E-state index in [4.69, 9.17) is 27.9 Å². The molecule has 144 valence electrons. The minimum absolute atomic E-state index is 0.0574. The second-order valence-corrected chi connectivity index (χ2v) is 7.05. The molecule has 0 aliphatic heterocycles. The van der Waals surface area contributed by atoms with E-state index in [9.17, 15) is 10.1 Å². The molecule has 1 aromatic heterocycles. The molecule has 0 aliphatic rings. The van der Waals surface area contributed by atoms with Crippen LogP contribution in [0.15, 0.2) is 48.8 Å². The maximum absolute atomic E-state index is 11.7. The average Bonchev–Trinajstić information content (AvgIpc) is 2.65. The number of rotatable bonds is 6. The Morgan fingerprint density at radius 1 is 1.11 bits per heavy atom. The number of hydrogen-bond donors (Lipinski definition) is 1. The Kier molecular flexibility index (Phi) is 5.96. The fraction of sp³-hybridized carbons (Fsp3) is 0.158. The molecular weight excluding hydrogens is 403 g/mol. The van der Waals surface area contributed by atoms with Crippen LogP contribution in [-0.2, 0) is 0 Å². The molecule has 28 heavy (non-hydrogen) atoms. The lowest BCUT2D eigenvalue weighted by Gasteiger charge is -2.11. The summed E-state index contributed by atoms with van der Waals surface area (Å²) in [4.78, 5) is 18.9. The van der Waals surface area contributed by atoms with Crippen LogP contribution in [0.1, 0.15) is 25.3 Å². The predicted molar refractivity (Wildman–Crippen MR) is 109 cm³/mol. The Labute approximate surface area is 171 Å². The fourth-order valence-corrected chi connectivity index (χ4v) is 2.78. The van der Waals surface area contributed by atoms with E-state index >= 15 is 0 Å². The molecule has 0 fully saturated rings. The lowest BCUT2D eigenvalue weighted by molar-refractivity contribution is -0.385. The molecule has 0 saturated carbocycles. The largest absolute Gasteiger partial charge is 0.434 e. The molecule has 1 heterocycles. The lowest BCUT2D eigenvalue weighted by atomic mass is 10.0. The SMILES string of the molecule is CC(C)c1ccc(Oc2ncnc(Nc3cc(Cl)ccc3Cl)c2[N+](=O)[O-])cc1. The van der Waals surface area contributed by atoms with Gasteiger partial charge in [0, 0.05) is 5.02 Å². The van der Waals surface area contributed by atoms with Gasteiger partial charge >= 0.3 is 11.6 Å². The zero-order valence-corrected chi connectivity index (χ0v) is 16.5. The van der Waals surface area contributed by atoms with Crippen LogP contribution in [0.3, 0.4) is 0 Å². The van der Waals surface area contributed by atoms with E-state index in [0.29, 0.717) is 27.4 Å². The first-order valence-electron chi connectivity index (χ1n) is 8.34.